The summed E-state index contributed by atoms with van der Waals surface area (Å²) in [5.41, 5.74) is -1.18. The highest BCUT2D eigenvalue weighted by Gasteiger charge is 2.37. The second-order valence-electron chi connectivity index (χ2n) is 4.94. The lowest BCUT2D eigenvalue weighted by Gasteiger charge is -2.22. The standard InChI is InChI=1S/C13H17ClF3NO2S/c1-9(2)11(7-8-14)18-21(19,20)12-6-4-3-5-10(12)13(15,16)17/h3-6,9,11,18H,7-8H2,1-2H3. The van der Waals surface area contributed by atoms with Crippen LogP contribution in [0.15, 0.2) is 29.2 Å². The van der Waals surface area contributed by atoms with Crippen LogP contribution in [0.25, 0.3) is 0 Å². The molecular weight excluding hydrogens is 327 g/mol. The summed E-state index contributed by atoms with van der Waals surface area (Å²) in [5.74, 6) is 0.128. The Hall–Kier alpha value is -0.790. The Balaban J connectivity index is 3.20. The molecule has 3 nitrogen and oxygen atoms in total. The van der Waals surface area contributed by atoms with Crippen LogP contribution >= 0.6 is 11.6 Å². The van der Waals surface area contributed by atoms with Gasteiger partial charge in [0.15, 0.2) is 0 Å². The van der Waals surface area contributed by atoms with Gasteiger partial charge >= 0.3 is 6.18 Å². The minimum atomic E-state index is -4.73. The summed E-state index contributed by atoms with van der Waals surface area (Å²) in [6.45, 7) is 3.55. The van der Waals surface area contributed by atoms with Gasteiger partial charge in [0, 0.05) is 11.9 Å². The van der Waals surface area contributed by atoms with Crippen LogP contribution in [0.5, 0.6) is 0 Å². The number of rotatable bonds is 6. The highest BCUT2D eigenvalue weighted by molar-refractivity contribution is 7.89. The lowest BCUT2D eigenvalue weighted by molar-refractivity contribution is -0.139. The Morgan fingerprint density at radius 1 is 1.24 bits per heavy atom. The molecule has 0 saturated heterocycles. The Kier molecular flexibility index (Phi) is 6.07. The number of hydrogen-bond donors (Lipinski definition) is 1. The fraction of sp³-hybridized carbons (Fsp3) is 0.538. The lowest BCUT2D eigenvalue weighted by atomic mass is 10.0. The molecule has 1 rings (SSSR count). The molecule has 21 heavy (non-hydrogen) atoms. The molecule has 8 heteroatoms. The van der Waals surface area contributed by atoms with Gasteiger partial charge in [0.05, 0.1) is 10.5 Å². The molecule has 0 fully saturated rings. The molecule has 0 aliphatic carbocycles. The summed E-state index contributed by atoms with van der Waals surface area (Å²) < 4.78 is 65.5. The van der Waals surface area contributed by atoms with E-state index in [2.05, 4.69) is 4.72 Å². The van der Waals surface area contributed by atoms with Gasteiger partial charge in [-0.1, -0.05) is 26.0 Å². The zero-order chi connectivity index (χ0) is 16.3. The van der Waals surface area contributed by atoms with Crippen molar-refractivity contribution in [1.29, 1.82) is 0 Å². The van der Waals surface area contributed by atoms with E-state index in [0.29, 0.717) is 6.42 Å². The van der Waals surface area contributed by atoms with Gasteiger partial charge in [-0.05, 0) is 24.5 Å². The normalized spacial score (nSPS) is 14.4. The van der Waals surface area contributed by atoms with Gasteiger partial charge in [0.1, 0.15) is 0 Å². The minimum Gasteiger partial charge on any atom is -0.208 e. The van der Waals surface area contributed by atoms with E-state index in [1.807, 2.05) is 0 Å². The second-order valence-corrected chi connectivity index (χ2v) is 7.00. The van der Waals surface area contributed by atoms with E-state index >= 15 is 0 Å². The highest BCUT2D eigenvalue weighted by Crippen LogP contribution is 2.34. The quantitative estimate of drug-likeness (QED) is 0.802. The Morgan fingerprint density at radius 3 is 2.29 bits per heavy atom. The first-order valence-electron chi connectivity index (χ1n) is 6.34. The molecule has 1 N–H and O–H groups in total. The Bertz CT molecular complexity index is 573. The van der Waals surface area contributed by atoms with Crippen molar-refractivity contribution < 1.29 is 21.6 Å². The van der Waals surface area contributed by atoms with E-state index in [0.717, 1.165) is 18.2 Å². The number of alkyl halides is 4. The largest absolute Gasteiger partial charge is 0.417 e. The monoisotopic (exact) mass is 343 g/mol. The first-order chi connectivity index (χ1) is 9.59. The summed E-state index contributed by atoms with van der Waals surface area (Å²) in [6, 6.07) is 3.59. The zero-order valence-corrected chi connectivity index (χ0v) is 13.2. The number of benzene rings is 1. The summed E-state index contributed by atoms with van der Waals surface area (Å²) in [4.78, 5) is -0.766. The molecule has 0 aromatic heterocycles. The maximum Gasteiger partial charge on any atom is 0.417 e. The van der Waals surface area contributed by atoms with E-state index in [-0.39, 0.29) is 11.8 Å². The van der Waals surface area contributed by atoms with Crippen molar-refractivity contribution >= 4 is 21.6 Å². The van der Waals surface area contributed by atoms with Gasteiger partial charge < -0.3 is 0 Å². The molecule has 1 aromatic carbocycles. The molecule has 0 aliphatic heterocycles. The second kappa shape index (κ2) is 6.98. The van der Waals surface area contributed by atoms with Crippen LogP contribution in [0, 0.1) is 5.92 Å². The average Bonchev–Trinajstić information content (AvgIpc) is 2.37. The van der Waals surface area contributed by atoms with E-state index in [9.17, 15) is 21.6 Å². The summed E-state index contributed by atoms with van der Waals surface area (Å²) >= 11 is 5.60. The lowest BCUT2D eigenvalue weighted by Crippen LogP contribution is -2.39. The summed E-state index contributed by atoms with van der Waals surface area (Å²) in [6.07, 6.45) is -4.39. The number of sulfonamides is 1. The predicted molar refractivity (Wildman–Crippen MR) is 75.7 cm³/mol. The van der Waals surface area contributed by atoms with Gasteiger partial charge in [0.25, 0.3) is 0 Å². The third-order valence-electron chi connectivity index (χ3n) is 3.01. The average molecular weight is 344 g/mol. The van der Waals surface area contributed by atoms with Gasteiger partial charge in [0.2, 0.25) is 10.0 Å². The van der Waals surface area contributed by atoms with Gasteiger partial charge in [-0.3, -0.25) is 0 Å². The first-order valence-corrected chi connectivity index (χ1v) is 8.36. The molecule has 0 spiro atoms. The minimum absolute atomic E-state index is 0.0865. The van der Waals surface area contributed by atoms with Crippen LogP contribution in [0.2, 0.25) is 0 Å². The van der Waals surface area contributed by atoms with Crippen LogP contribution in [0.1, 0.15) is 25.8 Å². The van der Waals surface area contributed by atoms with Crippen molar-refractivity contribution in [3.05, 3.63) is 29.8 Å². The molecule has 1 unspecified atom stereocenters. The molecule has 0 radical (unpaired) electrons. The van der Waals surface area contributed by atoms with Crippen LogP contribution < -0.4 is 4.72 Å². The first kappa shape index (κ1) is 18.3. The van der Waals surface area contributed by atoms with Crippen molar-refractivity contribution in [2.75, 3.05) is 5.88 Å². The smallest absolute Gasteiger partial charge is 0.208 e. The van der Waals surface area contributed by atoms with Crippen LogP contribution in [-0.2, 0) is 16.2 Å². The molecule has 0 aliphatic rings. The van der Waals surface area contributed by atoms with Crippen LogP contribution in [0.3, 0.4) is 0 Å². The maximum atomic E-state index is 12.9. The van der Waals surface area contributed by atoms with E-state index in [4.69, 9.17) is 11.6 Å². The molecule has 1 atom stereocenters. The predicted octanol–water partition coefficient (Wildman–Crippen LogP) is 3.64. The van der Waals surface area contributed by atoms with Gasteiger partial charge in [-0.2, -0.15) is 13.2 Å². The number of halogens is 4. The summed E-state index contributed by atoms with van der Waals surface area (Å²) in [7, 11) is -4.27. The van der Waals surface area contributed by atoms with E-state index in [1.54, 1.807) is 13.8 Å². The fourth-order valence-electron chi connectivity index (χ4n) is 1.84. The van der Waals surface area contributed by atoms with Crippen molar-refractivity contribution in [3.8, 4) is 0 Å². The molecule has 0 heterocycles. The van der Waals surface area contributed by atoms with Gasteiger partial charge in [-0.25, -0.2) is 13.1 Å². The molecule has 120 valence electrons. The van der Waals surface area contributed by atoms with Crippen LogP contribution in [-0.4, -0.2) is 20.3 Å². The van der Waals surface area contributed by atoms with E-state index in [1.165, 1.54) is 6.07 Å². The molecule has 1 aromatic rings. The molecule has 0 amide bonds. The number of nitrogens with one attached hydrogen (secondary N) is 1. The summed E-state index contributed by atoms with van der Waals surface area (Å²) in [5, 5.41) is 0. The third-order valence-corrected chi connectivity index (χ3v) is 4.78. The highest BCUT2D eigenvalue weighted by atomic mass is 35.5. The van der Waals surface area contributed by atoms with E-state index < -0.39 is 32.7 Å². The van der Waals surface area contributed by atoms with Crippen LogP contribution in [0.4, 0.5) is 13.2 Å². The van der Waals surface area contributed by atoms with Crippen molar-refractivity contribution in [2.24, 2.45) is 5.92 Å². The topological polar surface area (TPSA) is 46.2 Å². The third kappa shape index (κ3) is 4.86. The molecular formula is C13H17ClF3NO2S. The Labute approximate surface area is 127 Å². The molecule has 0 bridgehead atoms. The zero-order valence-electron chi connectivity index (χ0n) is 11.6. The maximum absolute atomic E-state index is 12.9. The molecule has 0 saturated carbocycles. The van der Waals surface area contributed by atoms with Crippen molar-refractivity contribution in [1.82, 2.24) is 4.72 Å². The van der Waals surface area contributed by atoms with Crippen molar-refractivity contribution in [2.45, 2.75) is 37.4 Å². The van der Waals surface area contributed by atoms with Gasteiger partial charge in [-0.15, -0.1) is 11.6 Å². The van der Waals surface area contributed by atoms with Crippen molar-refractivity contribution in [3.63, 3.8) is 0 Å². The SMILES string of the molecule is CC(C)C(CCCl)NS(=O)(=O)c1ccccc1C(F)(F)F. The fourth-order valence-corrected chi connectivity index (χ4v) is 3.73. The number of hydrogen-bond acceptors (Lipinski definition) is 2. The Morgan fingerprint density at radius 2 is 1.81 bits per heavy atom.